The van der Waals surface area contributed by atoms with Gasteiger partial charge in [-0.2, -0.15) is 5.10 Å². The van der Waals surface area contributed by atoms with Gasteiger partial charge in [-0.25, -0.2) is 9.48 Å². The van der Waals surface area contributed by atoms with Crippen LogP contribution in [0.3, 0.4) is 0 Å². The molecule has 0 saturated carbocycles. The molecule has 0 saturated heterocycles. The summed E-state index contributed by atoms with van der Waals surface area (Å²) in [6.07, 6.45) is 0.352. The topological polar surface area (TPSA) is 107 Å². The first-order chi connectivity index (χ1) is 13.9. The molecule has 1 aromatic heterocycles. The predicted octanol–water partition coefficient (Wildman–Crippen LogP) is 2.32. The summed E-state index contributed by atoms with van der Waals surface area (Å²) in [4.78, 5) is 48.3. The number of carbonyl (C=O) groups is 3. The number of nitrogens with one attached hydrogen (secondary N) is 1. The Balaban J connectivity index is 1.72. The number of aromatic nitrogens is 2. The van der Waals surface area contributed by atoms with Crippen LogP contribution in [-0.2, 0) is 16.6 Å². The third-order valence-corrected chi connectivity index (χ3v) is 4.30. The molecule has 0 unspecified atom stereocenters. The molecule has 2 aromatic carbocycles. The first kappa shape index (κ1) is 19.9. The van der Waals surface area contributed by atoms with E-state index in [0.29, 0.717) is 28.4 Å². The van der Waals surface area contributed by atoms with Gasteiger partial charge in [0.15, 0.2) is 18.1 Å². The van der Waals surface area contributed by atoms with E-state index in [9.17, 15) is 19.2 Å². The van der Waals surface area contributed by atoms with Crippen LogP contribution in [0, 0.1) is 0 Å². The number of aryl methyl sites for hydroxylation is 1. The number of ether oxygens (including phenoxy) is 1. The van der Waals surface area contributed by atoms with Gasteiger partial charge >= 0.3 is 5.97 Å². The van der Waals surface area contributed by atoms with Crippen LogP contribution >= 0.6 is 0 Å². The van der Waals surface area contributed by atoms with Crippen LogP contribution in [0.25, 0.3) is 10.8 Å². The highest BCUT2D eigenvalue weighted by Gasteiger charge is 2.18. The van der Waals surface area contributed by atoms with Crippen molar-refractivity contribution in [1.82, 2.24) is 9.78 Å². The predicted molar refractivity (Wildman–Crippen MR) is 107 cm³/mol. The molecule has 0 atom stereocenters. The zero-order valence-corrected chi connectivity index (χ0v) is 16.0. The quantitative estimate of drug-likeness (QED) is 0.509. The van der Waals surface area contributed by atoms with Crippen molar-refractivity contribution < 1.29 is 19.1 Å². The number of nitrogens with zero attached hydrogens (tertiary/aromatic N) is 2. The third kappa shape index (κ3) is 4.37. The fourth-order valence-corrected chi connectivity index (χ4v) is 2.72. The Kier molecular flexibility index (Phi) is 5.82. The van der Waals surface area contributed by atoms with Gasteiger partial charge in [0.05, 0.1) is 5.39 Å². The van der Waals surface area contributed by atoms with Crippen molar-refractivity contribution in [1.29, 1.82) is 0 Å². The van der Waals surface area contributed by atoms with Gasteiger partial charge in [-0.05, 0) is 30.3 Å². The van der Waals surface area contributed by atoms with Crippen LogP contribution in [0.2, 0.25) is 0 Å². The number of fused-ring (bicyclic) bond motifs is 1. The van der Waals surface area contributed by atoms with Gasteiger partial charge in [0, 0.05) is 30.1 Å². The summed E-state index contributed by atoms with van der Waals surface area (Å²) in [6.45, 7) is 1.27. The van der Waals surface area contributed by atoms with Gasteiger partial charge in [0.25, 0.3) is 5.56 Å². The summed E-state index contributed by atoms with van der Waals surface area (Å²) < 4.78 is 6.18. The highest BCUT2D eigenvalue weighted by Crippen LogP contribution is 2.15. The molecule has 148 valence electrons. The van der Waals surface area contributed by atoms with Gasteiger partial charge < -0.3 is 10.1 Å². The maximum absolute atomic E-state index is 12.5. The minimum atomic E-state index is -0.794. The lowest BCUT2D eigenvalue weighted by Crippen LogP contribution is -2.24. The normalized spacial score (nSPS) is 10.6. The summed E-state index contributed by atoms with van der Waals surface area (Å²) in [5.74, 6) is -1.33. The van der Waals surface area contributed by atoms with Gasteiger partial charge in [-0.15, -0.1) is 0 Å². The number of amides is 1. The lowest BCUT2D eigenvalue weighted by Gasteiger charge is -2.08. The standard InChI is InChI=1S/C21H19N3O5/c1-3-18(26)22-14-10-8-13(9-11-14)17(25)12-29-21(28)19-15-6-4-5-7-16(15)20(27)24(2)23-19/h4-11H,3,12H2,1-2H3,(H,22,26). The molecule has 0 aliphatic rings. The SMILES string of the molecule is CCC(=O)Nc1ccc(C(=O)COC(=O)c2nn(C)c(=O)c3ccccc23)cc1. The van der Waals surface area contributed by atoms with Crippen LogP contribution in [0.4, 0.5) is 5.69 Å². The summed E-state index contributed by atoms with van der Waals surface area (Å²) in [5, 5.41) is 7.37. The largest absolute Gasteiger partial charge is 0.452 e. The molecule has 1 heterocycles. The third-order valence-electron chi connectivity index (χ3n) is 4.30. The van der Waals surface area contributed by atoms with Crippen molar-refractivity contribution in [3.05, 3.63) is 70.1 Å². The van der Waals surface area contributed by atoms with E-state index in [-0.39, 0.29) is 17.2 Å². The summed E-state index contributed by atoms with van der Waals surface area (Å²) >= 11 is 0. The Morgan fingerprint density at radius 2 is 1.69 bits per heavy atom. The second-order valence-electron chi connectivity index (χ2n) is 6.30. The number of hydrogen-bond donors (Lipinski definition) is 1. The van der Waals surface area contributed by atoms with E-state index in [4.69, 9.17) is 4.74 Å². The van der Waals surface area contributed by atoms with Crippen LogP contribution < -0.4 is 10.9 Å². The smallest absolute Gasteiger partial charge is 0.359 e. The molecule has 0 spiro atoms. The fourth-order valence-electron chi connectivity index (χ4n) is 2.72. The van der Waals surface area contributed by atoms with Crippen LogP contribution in [0.5, 0.6) is 0 Å². The van der Waals surface area contributed by atoms with E-state index in [2.05, 4.69) is 10.4 Å². The Morgan fingerprint density at radius 1 is 1.03 bits per heavy atom. The molecule has 1 amide bonds. The lowest BCUT2D eigenvalue weighted by molar-refractivity contribution is -0.115. The maximum Gasteiger partial charge on any atom is 0.359 e. The average molecular weight is 393 g/mol. The van der Waals surface area contributed by atoms with Gasteiger partial charge in [-0.1, -0.05) is 25.1 Å². The van der Waals surface area contributed by atoms with Gasteiger partial charge in [0.2, 0.25) is 5.91 Å². The Bertz CT molecular complexity index is 1150. The molecule has 1 N–H and O–H groups in total. The summed E-state index contributed by atoms with van der Waals surface area (Å²) in [5.41, 5.74) is 0.549. The molecule has 0 fully saturated rings. The fraction of sp³-hybridized carbons (Fsp3) is 0.190. The first-order valence-electron chi connectivity index (χ1n) is 8.97. The van der Waals surface area contributed by atoms with E-state index in [0.717, 1.165) is 4.68 Å². The van der Waals surface area contributed by atoms with Crippen molar-refractivity contribution in [3.8, 4) is 0 Å². The molecule has 0 aliphatic heterocycles. The van der Waals surface area contributed by atoms with Crippen molar-refractivity contribution in [2.75, 3.05) is 11.9 Å². The average Bonchev–Trinajstić information content (AvgIpc) is 2.74. The van der Waals surface area contributed by atoms with E-state index in [1.807, 2.05) is 0 Å². The lowest BCUT2D eigenvalue weighted by atomic mass is 10.1. The molecule has 8 nitrogen and oxygen atoms in total. The first-order valence-corrected chi connectivity index (χ1v) is 8.97. The van der Waals surface area contributed by atoms with Crippen LogP contribution in [0.15, 0.2) is 53.3 Å². The zero-order valence-electron chi connectivity index (χ0n) is 16.0. The number of anilines is 1. The highest BCUT2D eigenvalue weighted by molar-refractivity contribution is 6.04. The summed E-state index contributed by atoms with van der Waals surface area (Å²) in [6, 6.07) is 12.9. The molecule has 29 heavy (non-hydrogen) atoms. The zero-order chi connectivity index (χ0) is 21.0. The minimum absolute atomic E-state index is 0.0341. The highest BCUT2D eigenvalue weighted by atomic mass is 16.5. The Labute approximate surface area is 166 Å². The Hall–Kier alpha value is -3.81. The molecule has 3 aromatic rings. The van der Waals surface area contributed by atoms with Crippen LogP contribution in [-0.4, -0.2) is 34.0 Å². The van der Waals surface area contributed by atoms with E-state index < -0.39 is 18.4 Å². The maximum atomic E-state index is 12.5. The second-order valence-corrected chi connectivity index (χ2v) is 6.30. The van der Waals surface area contributed by atoms with E-state index in [1.165, 1.54) is 7.05 Å². The number of carbonyl (C=O) groups excluding carboxylic acids is 3. The van der Waals surface area contributed by atoms with Crippen molar-refractivity contribution >= 4 is 34.1 Å². The molecular weight excluding hydrogens is 374 g/mol. The second kappa shape index (κ2) is 8.47. The van der Waals surface area contributed by atoms with Crippen LogP contribution in [0.1, 0.15) is 34.2 Å². The summed E-state index contributed by atoms with van der Waals surface area (Å²) in [7, 11) is 1.44. The van der Waals surface area contributed by atoms with E-state index >= 15 is 0 Å². The monoisotopic (exact) mass is 393 g/mol. The number of benzene rings is 2. The van der Waals surface area contributed by atoms with Gasteiger partial charge in [0.1, 0.15) is 0 Å². The molecule has 8 heteroatoms. The number of rotatable bonds is 6. The van der Waals surface area contributed by atoms with Crippen molar-refractivity contribution in [2.45, 2.75) is 13.3 Å². The number of ketones is 1. The molecule has 0 radical (unpaired) electrons. The number of Topliss-reactive ketones (excluding diaryl/α,β-unsaturated/α-hetero) is 1. The molecular formula is C21H19N3O5. The molecule has 3 rings (SSSR count). The minimum Gasteiger partial charge on any atom is -0.452 e. The van der Waals surface area contributed by atoms with Crippen molar-refractivity contribution in [3.63, 3.8) is 0 Å². The Morgan fingerprint density at radius 3 is 2.34 bits per heavy atom. The number of hydrogen-bond acceptors (Lipinski definition) is 6. The molecule has 0 bridgehead atoms. The molecule has 0 aliphatic carbocycles. The number of esters is 1. The van der Waals surface area contributed by atoms with E-state index in [1.54, 1.807) is 55.5 Å². The van der Waals surface area contributed by atoms with Gasteiger partial charge in [-0.3, -0.25) is 14.4 Å². The van der Waals surface area contributed by atoms with Crippen molar-refractivity contribution in [2.24, 2.45) is 7.05 Å².